The molecule has 16 heavy (non-hydrogen) atoms. The summed E-state index contributed by atoms with van der Waals surface area (Å²) in [5, 5.41) is 8.01. The maximum Gasteiger partial charge on any atom is 0.141 e. The number of nitrogens with one attached hydrogen (secondary N) is 1. The summed E-state index contributed by atoms with van der Waals surface area (Å²) in [7, 11) is 0. The standard InChI is InChI=1S/C11H16N4S/c1-8-7-15(5-6-16-8)10-4-2-3-9(14-10)11(12)13/h2-4,8H,5-7H2,1H3,(H3,12,13). The van der Waals surface area contributed by atoms with Gasteiger partial charge in [0.2, 0.25) is 0 Å². The van der Waals surface area contributed by atoms with Gasteiger partial charge in [-0.1, -0.05) is 13.0 Å². The molecule has 0 bridgehead atoms. The largest absolute Gasteiger partial charge is 0.382 e. The van der Waals surface area contributed by atoms with Gasteiger partial charge in [0, 0.05) is 24.1 Å². The Balaban J connectivity index is 2.19. The second-order valence-corrected chi connectivity index (χ2v) is 5.47. The van der Waals surface area contributed by atoms with Gasteiger partial charge in [0.25, 0.3) is 0 Å². The number of anilines is 1. The Hall–Kier alpha value is -1.23. The zero-order valence-electron chi connectivity index (χ0n) is 9.31. The van der Waals surface area contributed by atoms with E-state index in [1.165, 1.54) is 0 Å². The number of thioether (sulfide) groups is 1. The first-order valence-electron chi connectivity index (χ1n) is 5.35. The van der Waals surface area contributed by atoms with Crippen molar-refractivity contribution in [2.75, 3.05) is 23.7 Å². The number of nitrogens with zero attached hydrogens (tertiary/aromatic N) is 2. The number of hydrogen-bond donors (Lipinski definition) is 2. The average molecular weight is 236 g/mol. The molecule has 1 aromatic rings. The fourth-order valence-electron chi connectivity index (χ4n) is 1.78. The van der Waals surface area contributed by atoms with Crippen molar-refractivity contribution in [1.29, 1.82) is 5.41 Å². The molecule has 1 aromatic heterocycles. The van der Waals surface area contributed by atoms with Crippen LogP contribution < -0.4 is 10.6 Å². The molecule has 1 aliphatic heterocycles. The zero-order valence-corrected chi connectivity index (χ0v) is 10.1. The summed E-state index contributed by atoms with van der Waals surface area (Å²) in [6, 6.07) is 5.66. The van der Waals surface area contributed by atoms with Crippen LogP contribution in [-0.4, -0.2) is 34.9 Å². The van der Waals surface area contributed by atoms with Gasteiger partial charge in [0.15, 0.2) is 0 Å². The molecule has 0 aromatic carbocycles. The third-order valence-corrected chi connectivity index (χ3v) is 3.71. The third-order valence-electron chi connectivity index (χ3n) is 2.58. The lowest BCUT2D eigenvalue weighted by Crippen LogP contribution is -2.37. The summed E-state index contributed by atoms with van der Waals surface area (Å²) in [6.45, 7) is 4.26. The van der Waals surface area contributed by atoms with Gasteiger partial charge in [-0.15, -0.1) is 0 Å². The van der Waals surface area contributed by atoms with Crippen LogP contribution in [0.2, 0.25) is 0 Å². The van der Waals surface area contributed by atoms with Crippen LogP contribution in [0.5, 0.6) is 0 Å². The van der Waals surface area contributed by atoms with E-state index < -0.39 is 0 Å². The Labute approximate surface area is 99.7 Å². The van der Waals surface area contributed by atoms with Gasteiger partial charge in [0.05, 0.1) is 0 Å². The third kappa shape index (κ3) is 2.47. The molecule has 1 aliphatic rings. The minimum atomic E-state index is 0.0290. The van der Waals surface area contributed by atoms with E-state index in [4.69, 9.17) is 11.1 Å². The molecule has 2 rings (SSSR count). The van der Waals surface area contributed by atoms with Crippen molar-refractivity contribution in [1.82, 2.24) is 4.98 Å². The number of nitrogens with two attached hydrogens (primary N) is 1. The Morgan fingerprint density at radius 1 is 1.62 bits per heavy atom. The molecule has 0 saturated carbocycles. The highest BCUT2D eigenvalue weighted by molar-refractivity contribution is 8.00. The van der Waals surface area contributed by atoms with Crippen LogP contribution in [0.4, 0.5) is 5.82 Å². The molecule has 1 unspecified atom stereocenters. The van der Waals surface area contributed by atoms with E-state index in [1.807, 2.05) is 23.9 Å². The van der Waals surface area contributed by atoms with E-state index in [2.05, 4.69) is 16.8 Å². The Bertz CT molecular complexity index is 393. The summed E-state index contributed by atoms with van der Waals surface area (Å²) in [5.41, 5.74) is 6.00. The molecule has 4 nitrogen and oxygen atoms in total. The predicted molar refractivity (Wildman–Crippen MR) is 69.4 cm³/mol. The summed E-state index contributed by atoms with van der Waals surface area (Å²) < 4.78 is 0. The smallest absolute Gasteiger partial charge is 0.141 e. The number of nitrogen functional groups attached to an aromatic ring is 1. The van der Waals surface area contributed by atoms with Gasteiger partial charge in [0.1, 0.15) is 17.3 Å². The van der Waals surface area contributed by atoms with Gasteiger partial charge in [-0.3, -0.25) is 5.41 Å². The van der Waals surface area contributed by atoms with Crippen LogP contribution >= 0.6 is 11.8 Å². The van der Waals surface area contributed by atoms with Crippen LogP contribution in [0.1, 0.15) is 12.6 Å². The lowest BCUT2D eigenvalue weighted by molar-refractivity contribution is 0.770. The molecular weight excluding hydrogens is 220 g/mol. The van der Waals surface area contributed by atoms with Crippen molar-refractivity contribution in [3.05, 3.63) is 23.9 Å². The van der Waals surface area contributed by atoms with Crippen LogP contribution in [0.3, 0.4) is 0 Å². The number of hydrogen-bond acceptors (Lipinski definition) is 4. The van der Waals surface area contributed by atoms with E-state index >= 15 is 0 Å². The van der Waals surface area contributed by atoms with Crippen molar-refractivity contribution in [3.8, 4) is 0 Å². The number of pyridine rings is 1. The minimum absolute atomic E-state index is 0.0290. The van der Waals surface area contributed by atoms with E-state index in [0.29, 0.717) is 10.9 Å². The lowest BCUT2D eigenvalue weighted by Gasteiger charge is -2.31. The fourth-order valence-corrected chi connectivity index (χ4v) is 2.79. The van der Waals surface area contributed by atoms with Crippen LogP contribution in [-0.2, 0) is 0 Å². The molecule has 0 amide bonds. The first kappa shape index (κ1) is 11.3. The van der Waals surface area contributed by atoms with E-state index in [9.17, 15) is 0 Å². The first-order valence-corrected chi connectivity index (χ1v) is 6.39. The summed E-state index contributed by atoms with van der Waals surface area (Å²) in [6.07, 6.45) is 0. The highest BCUT2D eigenvalue weighted by Crippen LogP contribution is 2.22. The normalized spacial score (nSPS) is 20.8. The Morgan fingerprint density at radius 2 is 2.44 bits per heavy atom. The van der Waals surface area contributed by atoms with Gasteiger partial charge in [-0.25, -0.2) is 4.98 Å². The van der Waals surface area contributed by atoms with Gasteiger partial charge >= 0.3 is 0 Å². The quantitative estimate of drug-likeness (QED) is 0.600. The SMILES string of the molecule is CC1CN(c2cccc(C(=N)N)n2)CCS1. The Kier molecular flexibility index (Phi) is 3.33. The van der Waals surface area contributed by atoms with E-state index in [0.717, 1.165) is 24.7 Å². The summed E-state index contributed by atoms with van der Waals surface area (Å²) >= 11 is 1.99. The number of rotatable bonds is 2. The van der Waals surface area contributed by atoms with E-state index in [-0.39, 0.29) is 5.84 Å². The second kappa shape index (κ2) is 4.74. The average Bonchev–Trinajstić information content (AvgIpc) is 2.29. The van der Waals surface area contributed by atoms with Crippen molar-refractivity contribution >= 4 is 23.4 Å². The van der Waals surface area contributed by atoms with Crippen LogP contribution in [0.15, 0.2) is 18.2 Å². The second-order valence-electron chi connectivity index (χ2n) is 3.92. The maximum atomic E-state index is 7.38. The van der Waals surface area contributed by atoms with Gasteiger partial charge in [-0.2, -0.15) is 11.8 Å². The van der Waals surface area contributed by atoms with Gasteiger partial charge in [-0.05, 0) is 12.1 Å². The predicted octanol–water partition coefficient (Wildman–Crippen LogP) is 1.31. The van der Waals surface area contributed by atoms with Gasteiger partial charge < -0.3 is 10.6 Å². The van der Waals surface area contributed by atoms with Crippen molar-refractivity contribution in [2.45, 2.75) is 12.2 Å². The summed E-state index contributed by atoms with van der Waals surface area (Å²) in [4.78, 5) is 6.66. The number of amidine groups is 1. The molecule has 0 radical (unpaired) electrons. The molecule has 0 aliphatic carbocycles. The molecule has 0 spiro atoms. The lowest BCUT2D eigenvalue weighted by atomic mass is 10.3. The topological polar surface area (TPSA) is 66.0 Å². The fraction of sp³-hybridized carbons (Fsp3) is 0.455. The van der Waals surface area contributed by atoms with Crippen molar-refractivity contribution < 1.29 is 0 Å². The molecule has 86 valence electrons. The molecular formula is C11H16N4S. The van der Waals surface area contributed by atoms with Crippen molar-refractivity contribution in [3.63, 3.8) is 0 Å². The molecule has 1 saturated heterocycles. The van der Waals surface area contributed by atoms with Crippen molar-refractivity contribution in [2.24, 2.45) is 5.73 Å². The molecule has 1 fully saturated rings. The Morgan fingerprint density at radius 3 is 3.12 bits per heavy atom. The highest BCUT2D eigenvalue weighted by Gasteiger charge is 2.18. The molecule has 1 atom stereocenters. The monoisotopic (exact) mass is 236 g/mol. The maximum absolute atomic E-state index is 7.38. The number of aromatic nitrogens is 1. The minimum Gasteiger partial charge on any atom is -0.382 e. The highest BCUT2D eigenvalue weighted by atomic mass is 32.2. The zero-order chi connectivity index (χ0) is 11.5. The molecule has 2 heterocycles. The molecule has 5 heteroatoms. The molecule has 3 N–H and O–H groups in total. The van der Waals surface area contributed by atoms with Crippen LogP contribution in [0.25, 0.3) is 0 Å². The van der Waals surface area contributed by atoms with Crippen LogP contribution in [0, 0.1) is 5.41 Å². The van der Waals surface area contributed by atoms with E-state index in [1.54, 1.807) is 6.07 Å². The summed E-state index contributed by atoms with van der Waals surface area (Å²) in [5.74, 6) is 2.09. The first-order chi connectivity index (χ1) is 7.66.